The predicted octanol–water partition coefficient (Wildman–Crippen LogP) is 4.11. The van der Waals surface area contributed by atoms with Crippen molar-refractivity contribution in [3.8, 4) is 5.75 Å². The molecule has 0 N–H and O–H groups in total. The molecule has 1 atom stereocenters. The summed E-state index contributed by atoms with van der Waals surface area (Å²) in [6, 6.07) is 11.6. The molecule has 0 radical (unpaired) electrons. The van der Waals surface area contributed by atoms with Gasteiger partial charge in [-0.1, -0.05) is 52.7 Å². The SMILES string of the molecule is CCOC(=O)C1=C(C)N=c2s/c(=C/c3ccc(OC)c(Cl)c3)c(=O)n2[C@H]1c1ccc(Cl)cc1. The molecule has 4 rings (SSSR count). The number of fused-ring (bicyclic) bond motifs is 1. The number of carbonyl (C=O) groups is 1. The van der Waals surface area contributed by atoms with Crippen molar-refractivity contribution >= 4 is 46.6 Å². The molecule has 3 aromatic rings. The minimum atomic E-state index is -0.681. The van der Waals surface area contributed by atoms with E-state index in [1.54, 1.807) is 63.4 Å². The van der Waals surface area contributed by atoms with Crippen LogP contribution in [0, 0.1) is 0 Å². The normalized spacial score (nSPS) is 15.8. The van der Waals surface area contributed by atoms with Gasteiger partial charge in [0.1, 0.15) is 5.75 Å². The quantitative estimate of drug-likeness (QED) is 0.492. The van der Waals surface area contributed by atoms with Gasteiger partial charge in [0, 0.05) is 5.02 Å². The molecule has 0 spiro atoms. The smallest absolute Gasteiger partial charge is 0.338 e. The van der Waals surface area contributed by atoms with Gasteiger partial charge in [0.25, 0.3) is 5.56 Å². The van der Waals surface area contributed by atoms with Crippen LogP contribution in [-0.4, -0.2) is 24.3 Å². The topological polar surface area (TPSA) is 69.9 Å². The highest BCUT2D eigenvalue weighted by Gasteiger charge is 2.33. The number of aromatic nitrogens is 1. The maximum Gasteiger partial charge on any atom is 0.338 e. The summed E-state index contributed by atoms with van der Waals surface area (Å²) in [5.41, 5.74) is 2.05. The fraction of sp³-hybridized carbons (Fsp3) is 0.208. The molecule has 1 aromatic heterocycles. The van der Waals surface area contributed by atoms with Crippen LogP contribution in [0.3, 0.4) is 0 Å². The average molecular weight is 503 g/mol. The van der Waals surface area contributed by atoms with Crippen LogP contribution >= 0.6 is 34.5 Å². The minimum absolute atomic E-state index is 0.214. The summed E-state index contributed by atoms with van der Waals surface area (Å²) in [6.07, 6.45) is 1.75. The van der Waals surface area contributed by atoms with Crippen molar-refractivity contribution in [2.45, 2.75) is 19.9 Å². The molecule has 1 aliphatic heterocycles. The van der Waals surface area contributed by atoms with Crippen LogP contribution < -0.4 is 19.6 Å². The molecule has 0 fully saturated rings. The Balaban J connectivity index is 1.93. The molecule has 9 heteroatoms. The van der Waals surface area contributed by atoms with Crippen molar-refractivity contribution in [2.24, 2.45) is 4.99 Å². The van der Waals surface area contributed by atoms with E-state index in [9.17, 15) is 9.59 Å². The van der Waals surface area contributed by atoms with E-state index in [1.165, 1.54) is 15.9 Å². The third-order valence-corrected chi connectivity index (χ3v) is 6.71. The van der Waals surface area contributed by atoms with Crippen LogP contribution in [0.25, 0.3) is 6.08 Å². The number of thiazole rings is 1. The van der Waals surface area contributed by atoms with Gasteiger partial charge >= 0.3 is 5.97 Å². The molecule has 33 heavy (non-hydrogen) atoms. The second kappa shape index (κ2) is 9.55. The number of methoxy groups -OCH3 is 1. The fourth-order valence-electron chi connectivity index (χ4n) is 3.68. The molecule has 1 aliphatic rings. The Hall–Kier alpha value is -2.87. The van der Waals surface area contributed by atoms with Crippen molar-refractivity contribution in [3.05, 3.63) is 94.6 Å². The molecule has 2 heterocycles. The largest absolute Gasteiger partial charge is 0.495 e. The van der Waals surface area contributed by atoms with E-state index in [0.717, 1.165) is 11.1 Å². The summed E-state index contributed by atoms with van der Waals surface area (Å²) in [7, 11) is 1.54. The summed E-state index contributed by atoms with van der Waals surface area (Å²) in [6.45, 7) is 3.70. The lowest BCUT2D eigenvalue weighted by molar-refractivity contribution is -0.139. The molecule has 2 aromatic carbocycles. The highest BCUT2D eigenvalue weighted by Crippen LogP contribution is 2.31. The van der Waals surface area contributed by atoms with Gasteiger partial charge in [-0.25, -0.2) is 9.79 Å². The van der Waals surface area contributed by atoms with Crippen LogP contribution in [-0.2, 0) is 9.53 Å². The van der Waals surface area contributed by atoms with E-state index in [2.05, 4.69) is 4.99 Å². The lowest BCUT2D eigenvalue weighted by Crippen LogP contribution is -2.39. The highest BCUT2D eigenvalue weighted by molar-refractivity contribution is 7.07. The van der Waals surface area contributed by atoms with Crippen molar-refractivity contribution in [1.82, 2.24) is 4.57 Å². The van der Waals surface area contributed by atoms with Crippen molar-refractivity contribution in [2.75, 3.05) is 13.7 Å². The first-order valence-corrected chi connectivity index (χ1v) is 11.7. The first-order chi connectivity index (χ1) is 15.8. The average Bonchev–Trinajstić information content (AvgIpc) is 3.08. The number of hydrogen-bond acceptors (Lipinski definition) is 6. The number of hydrogen-bond donors (Lipinski definition) is 0. The van der Waals surface area contributed by atoms with E-state index < -0.39 is 12.0 Å². The monoisotopic (exact) mass is 502 g/mol. The van der Waals surface area contributed by atoms with Crippen LogP contribution in [0.1, 0.15) is 31.0 Å². The zero-order chi connectivity index (χ0) is 23.7. The van der Waals surface area contributed by atoms with Crippen LogP contribution in [0.4, 0.5) is 0 Å². The second-order valence-electron chi connectivity index (χ2n) is 7.25. The zero-order valence-electron chi connectivity index (χ0n) is 18.1. The lowest BCUT2D eigenvalue weighted by atomic mass is 9.96. The molecule has 0 aliphatic carbocycles. The fourth-order valence-corrected chi connectivity index (χ4v) is 5.11. The molecular formula is C24H20Cl2N2O4S. The van der Waals surface area contributed by atoms with Gasteiger partial charge in [-0.2, -0.15) is 0 Å². The van der Waals surface area contributed by atoms with E-state index in [1.807, 2.05) is 6.07 Å². The third kappa shape index (κ3) is 4.49. The molecule has 0 unspecified atom stereocenters. The highest BCUT2D eigenvalue weighted by atomic mass is 35.5. The number of allylic oxidation sites excluding steroid dienone is 1. The Bertz CT molecular complexity index is 1440. The Morgan fingerprint density at radius 1 is 1.21 bits per heavy atom. The molecular weight excluding hydrogens is 483 g/mol. The Kier molecular flexibility index (Phi) is 6.74. The van der Waals surface area contributed by atoms with Gasteiger partial charge in [-0.15, -0.1) is 0 Å². The van der Waals surface area contributed by atoms with E-state index in [4.69, 9.17) is 32.7 Å². The number of nitrogens with zero attached hydrogens (tertiary/aromatic N) is 2. The van der Waals surface area contributed by atoms with Crippen LogP contribution in [0.5, 0.6) is 5.75 Å². The summed E-state index contributed by atoms with van der Waals surface area (Å²) in [5.74, 6) is 0.0441. The molecule has 0 saturated carbocycles. The first-order valence-electron chi connectivity index (χ1n) is 10.1. The third-order valence-electron chi connectivity index (χ3n) is 5.18. The number of benzene rings is 2. The number of carbonyl (C=O) groups excluding carboxylic acids is 1. The lowest BCUT2D eigenvalue weighted by Gasteiger charge is -2.24. The number of ether oxygens (including phenoxy) is 2. The maximum absolute atomic E-state index is 13.5. The first kappa shape index (κ1) is 23.3. The number of esters is 1. The Morgan fingerprint density at radius 3 is 2.58 bits per heavy atom. The van der Waals surface area contributed by atoms with Crippen LogP contribution in [0.15, 0.2) is 63.5 Å². The zero-order valence-corrected chi connectivity index (χ0v) is 20.4. The summed E-state index contributed by atoms with van der Waals surface area (Å²) < 4.78 is 12.5. The standard InChI is InChI=1S/C24H20Cl2N2O4S/c1-4-32-23(30)20-13(2)27-24-28(21(20)15-6-8-16(25)9-7-15)22(29)19(33-24)12-14-5-10-18(31-3)17(26)11-14/h5-12,21H,4H2,1-3H3/b19-12+/t21-/m0/s1. The van der Waals surface area contributed by atoms with E-state index >= 15 is 0 Å². The number of rotatable bonds is 5. The van der Waals surface area contributed by atoms with Crippen molar-refractivity contribution in [3.63, 3.8) is 0 Å². The summed E-state index contributed by atoms with van der Waals surface area (Å²) in [5, 5.41) is 0.999. The van der Waals surface area contributed by atoms with Crippen molar-refractivity contribution in [1.29, 1.82) is 0 Å². The van der Waals surface area contributed by atoms with Crippen molar-refractivity contribution < 1.29 is 14.3 Å². The molecule has 0 saturated heterocycles. The Labute approximate surface area is 204 Å². The Morgan fingerprint density at radius 2 is 1.94 bits per heavy atom. The minimum Gasteiger partial charge on any atom is -0.495 e. The predicted molar refractivity (Wildman–Crippen MR) is 130 cm³/mol. The van der Waals surface area contributed by atoms with Gasteiger partial charge < -0.3 is 9.47 Å². The maximum atomic E-state index is 13.5. The van der Waals surface area contributed by atoms with Gasteiger partial charge in [0.15, 0.2) is 4.80 Å². The summed E-state index contributed by atoms with van der Waals surface area (Å²) >= 11 is 13.6. The van der Waals surface area contributed by atoms with Gasteiger partial charge in [0.2, 0.25) is 0 Å². The molecule has 0 amide bonds. The van der Waals surface area contributed by atoms with Gasteiger partial charge in [-0.05, 0) is 55.3 Å². The molecule has 170 valence electrons. The molecule has 0 bridgehead atoms. The van der Waals surface area contributed by atoms with Crippen LogP contribution in [0.2, 0.25) is 10.0 Å². The van der Waals surface area contributed by atoms with E-state index in [-0.39, 0.29) is 12.2 Å². The molecule has 6 nitrogen and oxygen atoms in total. The van der Waals surface area contributed by atoms with E-state index in [0.29, 0.717) is 36.4 Å². The number of halogens is 2. The van der Waals surface area contributed by atoms with Gasteiger partial charge in [-0.3, -0.25) is 9.36 Å². The summed E-state index contributed by atoms with van der Waals surface area (Å²) in [4.78, 5) is 31.5. The van der Waals surface area contributed by atoms with Gasteiger partial charge in [0.05, 0.1) is 40.6 Å². The second-order valence-corrected chi connectivity index (χ2v) is 9.10.